The Hall–Kier alpha value is -1.14. The molecule has 6 heteroatoms. The highest BCUT2D eigenvalue weighted by Gasteiger charge is 2.31. The van der Waals surface area contributed by atoms with Gasteiger partial charge in [0.15, 0.2) is 0 Å². The van der Waals surface area contributed by atoms with Gasteiger partial charge in [0.2, 0.25) is 0 Å². The number of hydrogen-bond donors (Lipinski definition) is 1. The number of hydroxylamine groups is 1. The zero-order valence-electron chi connectivity index (χ0n) is 7.15. The van der Waals surface area contributed by atoms with Gasteiger partial charge in [0.25, 0.3) is 0 Å². The molecule has 0 fully saturated rings. The molecule has 0 aromatic heterocycles. The van der Waals surface area contributed by atoms with Crippen molar-refractivity contribution in [2.45, 2.75) is 6.18 Å². The van der Waals surface area contributed by atoms with Crippen molar-refractivity contribution in [3.63, 3.8) is 0 Å². The Bertz CT molecular complexity index is 335. The Morgan fingerprint density at radius 3 is 2.21 bits per heavy atom. The minimum absolute atomic E-state index is 0.280. The number of rotatable bonds is 1. The summed E-state index contributed by atoms with van der Waals surface area (Å²) in [4.78, 5) is 0. The first-order valence-corrected chi connectivity index (χ1v) is 3.69. The summed E-state index contributed by atoms with van der Waals surface area (Å²) in [6, 6.07) is 1.76. The van der Waals surface area contributed by atoms with E-state index in [4.69, 9.17) is 0 Å². The van der Waals surface area contributed by atoms with Crippen LogP contribution in [0.25, 0.3) is 0 Å². The Balaban J connectivity index is 3.21. The molecule has 1 atom stereocenters. The van der Waals surface area contributed by atoms with Crippen LogP contribution in [0.2, 0.25) is 0 Å². The molecule has 1 unspecified atom stereocenters. The fourth-order valence-electron chi connectivity index (χ4n) is 0.957. The Kier molecular flexibility index (Phi) is 2.77. The molecule has 0 amide bonds. The topological polar surface area (TPSA) is 27.5 Å². The molecule has 1 N–H and O–H groups in total. The van der Waals surface area contributed by atoms with Crippen molar-refractivity contribution in [3.8, 4) is 0 Å². The van der Waals surface area contributed by atoms with Gasteiger partial charge in [-0.05, 0) is 6.07 Å². The lowest BCUT2D eigenvalue weighted by molar-refractivity contribution is -0.751. The van der Waals surface area contributed by atoms with Crippen LogP contribution in [0, 0.1) is 11.0 Å². The Labute approximate surface area is 77.3 Å². The summed E-state index contributed by atoms with van der Waals surface area (Å²) >= 11 is 0. The summed E-state index contributed by atoms with van der Waals surface area (Å²) in [5.74, 6) is -1.06. The number of quaternary nitrogens is 1. The molecule has 0 heterocycles. The van der Waals surface area contributed by atoms with Gasteiger partial charge in [0.05, 0.1) is 12.6 Å². The second-order valence-corrected chi connectivity index (χ2v) is 2.78. The first-order chi connectivity index (χ1) is 6.30. The Morgan fingerprint density at radius 1 is 1.21 bits per heavy atom. The molecule has 0 aliphatic heterocycles. The van der Waals surface area contributed by atoms with Gasteiger partial charge in [-0.15, -0.1) is 0 Å². The predicted octanol–water partition coefficient (Wildman–Crippen LogP) is 1.49. The van der Waals surface area contributed by atoms with E-state index in [9.17, 15) is 22.8 Å². The van der Waals surface area contributed by atoms with Crippen molar-refractivity contribution in [2.24, 2.45) is 0 Å². The lowest BCUT2D eigenvalue weighted by Crippen LogP contribution is -2.98. The number of hydrogen-bond acceptors (Lipinski definition) is 1. The maximum absolute atomic E-state index is 12.7. The van der Waals surface area contributed by atoms with E-state index < -0.39 is 22.6 Å². The van der Waals surface area contributed by atoms with E-state index in [0.717, 1.165) is 13.1 Å². The third kappa shape index (κ3) is 2.43. The van der Waals surface area contributed by atoms with E-state index in [2.05, 4.69) is 0 Å². The fraction of sp³-hybridized carbons (Fsp3) is 0.250. The van der Waals surface area contributed by atoms with Crippen LogP contribution in [0.5, 0.6) is 0 Å². The second-order valence-electron chi connectivity index (χ2n) is 2.78. The molecule has 2 nitrogen and oxygen atoms in total. The van der Waals surface area contributed by atoms with Gasteiger partial charge in [-0.2, -0.15) is 13.2 Å². The van der Waals surface area contributed by atoms with E-state index in [1.165, 1.54) is 0 Å². The van der Waals surface area contributed by atoms with Crippen LogP contribution in [0.4, 0.5) is 23.2 Å². The molecule has 0 saturated carbocycles. The van der Waals surface area contributed by atoms with Crippen LogP contribution in [0.3, 0.4) is 0 Å². The van der Waals surface area contributed by atoms with Crippen LogP contribution < -0.4 is 5.06 Å². The monoisotopic (exact) mass is 209 g/mol. The van der Waals surface area contributed by atoms with Gasteiger partial charge in [-0.3, -0.25) is 0 Å². The maximum Gasteiger partial charge on any atom is 0.416 e. The minimum atomic E-state index is -4.63. The zero-order chi connectivity index (χ0) is 10.9. The Morgan fingerprint density at radius 2 is 1.79 bits per heavy atom. The summed E-state index contributed by atoms with van der Waals surface area (Å²) in [5, 5.41) is 10.1. The standard InChI is InChI=1S/C8H7F4NO/c1-13(14)7-3-5(8(10,11)12)2-6(9)4-7/h2-4,13H,1H3. The van der Waals surface area contributed by atoms with E-state index in [1.807, 2.05) is 0 Å². The highest BCUT2D eigenvalue weighted by molar-refractivity contribution is 5.36. The fourth-order valence-corrected chi connectivity index (χ4v) is 0.957. The summed E-state index contributed by atoms with van der Waals surface area (Å²) < 4.78 is 49.1. The zero-order valence-corrected chi connectivity index (χ0v) is 7.15. The number of nitrogens with one attached hydrogen (secondary N) is 1. The molecule has 1 aromatic carbocycles. The van der Waals surface area contributed by atoms with Crippen LogP contribution in [-0.2, 0) is 6.18 Å². The number of benzene rings is 1. The SMILES string of the molecule is C[NH+]([O-])c1cc(F)cc(C(F)(F)F)c1. The molecule has 78 valence electrons. The first-order valence-electron chi connectivity index (χ1n) is 3.69. The number of alkyl halides is 3. The number of halogens is 4. The molecular weight excluding hydrogens is 202 g/mol. The summed E-state index contributed by atoms with van der Waals surface area (Å²) in [6.07, 6.45) is -4.63. The van der Waals surface area contributed by atoms with Crippen molar-refractivity contribution < 1.29 is 22.6 Å². The van der Waals surface area contributed by atoms with Crippen LogP contribution >= 0.6 is 0 Å². The van der Waals surface area contributed by atoms with Gasteiger partial charge < -0.3 is 10.3 Å². The predicted molar refractivity (Wildman–Crippen MR) is 41.3 cm³/mol. The minimum Gasteiger partial charge on any atom is -0.629 e. The van der Waals surface area contributed by atoms with Crippen molar-refractivity contribution in [1.82, 2.24) is 0 Å². The molecule has 0 radical (unpaired) electrons. The molecule has 0 aliphatic rings. The van der Waals surface area contributed by atoms with Crippen LogP contribution in [0.15, 0.2) is 18.2 Å². The van der Waals surface area contributed by atoms with Gasteiger partial charge >= 0.3 is 6.18 Å². The highest BCUT2D eigenvalue weighted by atomic mass is 19.4. The van der Waals surface area contributed by atoms with E-state index in [1.54, 1.807) is 0 Å². The summed E-state index contributed by atoms with van der Waals surface area (Å²) in [6.45, 7) is 0. The van der Waals surface area contributed by atoms with Crippen molar-refractivity contribution in [2.75, 3.05) is 7.05 Å². The van der Waals surface area contributed by atoms with Gasteiger partial charge in [-0.25, -0.2) is 4.39 Å². The lowest BCUT2D eigenvalue weighted by atomic mass is 10.2. The van der Waals surface area contributed by atoms with Gasteiger partial charge in [0.1, 0.15) is 11.5 Å². The highest BCUT2D eigenvalue weighted by Crippen LogP contribution is 2.30. The molecule has 1 rings (SSSR count). The molecule has 0 spiro atoms. The molecule has 0 aliphatic carbocycles. The third-order valence-electron chi connectivity index (χ3n) is 1.63. The molecule has 1 aromatic rings. The van der Waals surface area contributed by atoms with Crippen LogP contribution in [-0.4, -0.2) is 7.05 Å². The molecule has 0 bridgehead atoms. The summed E-state index contributed by atoms with van der Waals surface area (Å²) in [5.41, 5.74) is -1.43. The normalized spacial score (nSPS) is 14.1. The van der Waals surface area contributed by atoms with Gasteiger partial charge in [0, 0.05) is 12.1 Å². The van der Waals surface area contributed by atoms with E-state index in [0.29, 0.717) is 12.1 Å². The smallest absolute Gasteiger partial charge is 0.416 e. The average Bonchev–Trinajstić information content (AvgIpc) is 2.01. The van der Waals surface area contributed by atoms with E-state index in [-0.39, 0.29) is 5.69 Å². The largest absolute Gasteiger partial charge is 0.629 e. The van der Waals surface area contributed by atoms with Crippen molar-refractivity contribution in [1.29, 1.82) is 0 Å². The van der Waals surface area contributed by atoms with Crippen LogP contribution in [0.1, 0.15) is 5.56 Å². The van der Waals surface area contributed by atoms with Crippen molar-refractivity contribution in [3.05, 3.63) is 34.8 Å². The average molecular weight is 209 g/mol. The molecular formula is C8H7F4NO. The molecule has 0 saturated heterocycles. The quantitative estimate of drug-likeness (QED) is 0.550. The first kappa shape index (κ1) is 10.9. The van der Waals surface area contributed by atoms with Gasteiger partial charge in [-0.1, -0.05) is 0 Å². The molecule has 14 heavy (non-hydrogen) atoms. The maximum atomic E-state index is 12.7. The lowest BCUT2D eigenvalue weighted by Gasteiger charge is -2.17. The second kappa shape index (κ2) is 3.55. The third-order valence-corrected chi connectivity index (χ3v) is 1.63. The van der Waals surface area contributed by atoms with E-state index >= 15 is 0 Å². The van der Waals surface area contributed by atoms with Crippen molar-refractivity contribution >= 4 is 5.69 Å². The summed E-state index contributed by atoms with van der Waals surface area (Å²) in [7, 11) is 1.08.